The molecule has 0 saturated heterocycles. The highest BCUT2D eigenvalue weighted by atomic mass is 79.9. The average Bonchev–Trinajstić information content (AvgIpc) is 3.22. The van der Waals surface area contributed by atoms with Crippen LogP contribution in [-0.2, 0) is 9.59 Å². The van der Waals surface area contributed by atoms with Gasteiger partial charge in [0.15, 0.2) is 0 Å². The van der Waals surface area contributed by atoms with Crippen molar-refractivity contribution < 1.29 is 14.7 Å². The van der Waals surface area contributed by atoms with E-state index in [2.05, 4.69) is 21.2 Å². The Kier molecular flexibility index (Phi) is 4.75. The molecule has 1 unspecified atom stereocenters. The quantitative estimate of drug-likeness (QED) is 0.768. The number of hydrogen-bond donors (Lipinski definition) is 2. The fourth-order valence-corrected chi connectivity index (χ4v) is 2.96. The molecule has 20 heavy (non-hydrogen) atoms. The molecule has 4 nitrogen and oxygen atoms in total. The first-order valence-corrected chi connectivity index (χ1v) is 8.12. The molecule has 2 rings (SSSR count). The maximum Gasteiger partial charge on any atom is 0.329 e. The molecule has 108 valence electrons. The molecule has 0 aromatic heterocycles. The van der Waals surface area contributed by atoms with E-state index in [1.54, 1.807) is 6.92 Å². The monoisotopic (exact) mass is 357 g/mol. The fraction of sp³-hybridized carbons (Fsp3) is 0.429. The first-order valence-electron chi connectivity index (χ1n) is 6.34. The molecule has 1 aliphatic rings. The number of amides is 1. The lowest BCUT2D eigenvalue weighted by atomic mass is 9.96. The predicted octanol–water partition coefficient (Wildman–Crippen LogP) is 2.91. The molecular formula is C14H16BrNO3S. The molecule has 1 atom stereocenters. The summed E-state index contributed by atoms with van der Waals surface area (Å²) in [4.78, 5) is 24.2. The van der Waals surface area contributed by atoms with Gasteiger partial charge in [0, 0.05) is 9.37 Å². The highest BCUT2D eigenvalue weighted by molar-refractivity contribution is 9.10. The molecule has 6 heteroatoms. The Hall–Kier alpha value is -1.01. The summed E-state index contributed by atoms with van der Waals surface area (Å²) < 4.78 is 0.985. The summed E-state index contributed by atoms with van der Waals surface area (Å²) in [6.07, 6.45) is 1.73. The van der Waals surface area contributed by atoms with Crippen molar-refractivity contribution in [3.63, 3.8) is 0 Å². The van der Waals surface area contributed by atoms with Crippen molar-refractivity contribution in [3.8, 4) is 0 Å². The number of nitrogens with one attached hydrogen (secondary N) is 1. The second kappa shape index (κ2) is 6.18. The van der Waals surface area contributed by atoms with Crippen LogP contribution < -0.4 is 5.32 Å². The smallest absolute Gasteiger partial charge is 0.329 e. The van der Waals surface area contributed by atoms with Crippen LogP contribution in [0.15, 0.2) is 33.6 Å². The number of aliphatic carboxylic acids is 1. The number of hydrogen-bond acceptors (Lipinski definition) is 3. The van der Waals surface area contributed by atoms with E-state index in [0.717, 1.165) is 22.2 Å². The van der Waals surface area contributed by atoms with Gasteiger partial charge in [0.2, 0.25) is 5.91 Å². The van der Waals surface area contributed by atoms with Gasteiger partial charge < -0.3 is 10.4 Å². The Morgan fingerprint density at radius 1 is 1.40 bits per heavy atom. The van der Waals surface area contributed by atoms with Gasteiger partial charge in [-0.3, -0.25) is 4.79 Å². The van der Waals surface area contributed by atoms with Gasteiger partial charge in [0.05, 0.1) is 5.75 Å². The van der Waals surface area contributed by atoms with Gasteiger partial charge in [-0.1, -0.05) is 15.9 Å². The maximum absolute atomic E-state index is 11.9. The van der Waals surface area contributed by atoms with E-state index in [1.165, 1.54) is 11.8 Å². The van der Waals surface area contributed by atoms with E-state index in [-0.39, 0.29) is 17.6 Å². The second-order valence-corrected chi connectivity index (χ2v) is 7.04. The number of carbonyl (C=O) groups is 2. The highest BCUT2D eigenvalue weighted by Crippen LogP contribution is 2.39. The molecule has 0 aliphatic heterocycles. The number of rotatable bonds is 6. The molecule has 1 amide bonds. The Balaban J connectivity index is 1.88. The third-order valence-corrected chi connectivity index (χ3v) is 4.96. The van der Waals surface area contributed by atoms with Gasteiger partial charge in [0.1, 0.15) is 5.54 Å². The lowest BCUT2D eigenvalue weighted by molar-refractivity contribution is -0.147. The second-order valence-electron chi connectivity index (χ2n) is 5.07. The molecule has 0 bridgehead atoms. The molecule has 0 radical (unpaired) electrons. The minimum atomic E-state index is -1.13. The largest absolute Gasteiger partial charge is 0.480 e. The van der Waals surface area contributed by atoms with Crippen molar-refractivity contribution in [1.82, 2.24) is 5.32 Å². The Labute approximate surface area is 130 Å². The van der Waals surface area contributed by atoms with Crippen LogP contribution in [0.25, 0.3) is 0 Å². The first-order chi connectivity index (χ1) is 9.41. The molecule has 0 heterocycles. The zero-order valence-electron chi connectivity index (χ0n) is 11.1. The van der Waals surface area contributed by atoms with Crippen molar-refractivity contribution in [2.45, 2.75) is 30.2 Å². The standard InChI is InChI=1S/C14H16BrNO3S/c1-14(13(18)19,9-2-3-9)16-12(17)8-20-11-6-4-10(15)5-7-11/h4-7,9H,2-3,8H2,1H3,(H,16,17)(H,18,19). The minimum Gasteiger partial charge on any atom is -0.480 e. The number of thioether (sulfide) groups is 1. The van der Waals surface area contributed by atoms with E-state index >= 15 is 0 Å². The van der Waals surface area contributed by atoms with E-state index in [9.17, 15) is 14.7 Å². The van der Waals surface area contributed by atoms with Gasteiger partial charge in [-0.2, -0.15) is 0 Å². The van der Waals surface area contributed by atoms with Crippen LogP contribution >= 0.6 is 27.7 Å². The van der Waals surface area contributed by atoms with Crippen molar-refractivity contribution in [2.24, 2.45) is 5.92 Å². The molecule has 0 spiro atoms. The van der Waals surface area contributed by atoms with Gasteiger partial charge >= 0.3 is 5.97 Å². The lowest BCUT2D eigenvalue weighted by Gasteiger charge is -2.26. The average molecular weight is 358 g/mol. The van der Waals surface area contributed by atoms with Gasteiger partial charge in [0.25, 0.3) is 0 Å². The zero-order valence-corrected chi connectivity index (χ0v) is 13.5. The van der Waals surface area contributed by atoms with Gasteiger partial charge in [-0.05, 0) is 49.9 Å². The van der Waals surface area contributed by atoms with Crippen LogP contribution in [0.2, 0.25) is 0 Å². The van der Waals surface area contributed by atoms with Crippen LogP contribution in [-0.4, -0.2) is 28.3 Å². The van der Waals surface area contributed by atoms with Crippen molar-refractivity contribution in [3.05, 3.63) is 28.7 Å². The number of carboxylic acids is 1. The summed E-state index contributed by atoms with van der Waals surface area (Å²) in [6.45, 7) is 1.59. The molecule has 2 N–H and O–H groups in total. The number of benzene rings is 1. The topological polar surface area (TPSA) is 66.4 Å². The summed E-state index contributed by atoms with van der Waals surface area (Å²) in [5, 5.41) is 11.9. The Bertz CT molecular complexity index is 516. The van der Waals surface area contributed by atoms with Gasteiger partial charge in [-0.15, -0.1) is 11.8 Å². The third-order valence-electron chi connectivity index (χ3n) is 3.42. The van der Waals surface area contributed by atoms with Crippen LogP contribution in [0.1, 0.15) is 19.8 Å². The Morgan fingerprint density at radius 2 is 2.00 bits per heavy atom. The van der Waals surface area contributed by atoms with E-state index in [1.807, 2.05) is 24.3 Å². The summed E-state index contributed by atoms with van der Waals surface area (Å²) in [5.74, 6) is -0.921. The van der Waals surface area contributed by atoms with Crippen LogP contribution in [0.4, 0.5) is 0 Å². The zero-order chi connectivity index (χ0) is 14.8. The van der Waals surface area contributed by atoms with Crippen molar-refractivity contribution in [2.75, 3.05) is 5.75 Å². The first kappa shape index (κ1) is 15.4. The lowest BCUT2D eigenvalue weighted by Crippen LogP contribution is -2.54. The fourth-order valence-electron chi connectivity index (χ4n) is 2.00. The van der Waals surface area contributed by atoms with E-state index in [0.29, 0.717) is 0 Å². The predicted molar refractivity (Wildman–Crippen MR) is 81.8 cm³/mol. The molecule has 1 aliphatic carbocycles. The Morgan fingerprint density at radius 3 is 2.50 bits per heavy atom. The SMILES string of the molecule is CC(NC(=O)CSc1ccc(Br)cc1)(C(=O)O)C1CC1. The summed E-state index contributed by atoms with van der Waals surface area (Å²) in [7, 11) is 0. The molecular weight excluding hydrogens is 342 g/mol. The molecule has 1 aromatic carbocycles. The number of carbonyl (C=O) groups excluding carboxylic acids is 1. The van der Waals surface area contributed by atoms with Crippen LogP contribution in [0.3, 0.4) is 0 Å². The van der Waals surface area contributed by atoms with E-state index < -0.39 is 11.5 Å². The minimum absolute atomic E-state index is 0.0571. The van der Waals surface area contributed by atoms with Crippen LogP contribution in [0.5, 0.6) is 0 Å². The van der Waals surface area contributed by atoms with Crippen molar-refractivity contribution >= 4 is 39.6 Å². The summed E-state index contributed by atoms with van der Waals surface area (Å²) in [5.41, 5.74) is -1.13. The normalized spacial score (nSPS) is 17.3. The summed E-state index contributed by atoms with van der Waals surface area (Å²) >= 11 is 4.75. The molecule has 1 saturated carbocycles. The van der Waals surface area contributed by atoms with Crippen LogP contribution in [0, 0.1) is 5.92 Å². The van der Waals surface area contributed by atoms with E-state index in [4.69, 9.17) is 0 Å². The molecule has 1 fully saturated rings. The molecule has 1 aromatic rings. The number of halogens is 1. The highest BCUT2D eigenvalue weighted by Gasteiger charge is 2.48. The van der Waals surface area contributed by atoms with Gasteiger partial charge in [-0.25, -0.2) is 4.79 Å². The number of carboxylic acid groups (broad SMARTS) is 1. The van der Waals surface area contributed by atoms with Crippen molar-refractivity contribution in [1.29, 1.82) is 0 Å². The maximum atomic E-state index is 11.9. The third kappa shape index (κ3) is 3.76. The summed E-state index contributed by atoms with van der Waals surface area (Å²) in [6, 6.07) is 7.65.